The first-order valence-corrected chi connectivity index (χ1v) is 16.6. The number of phenolic OH excluding ortho intramolecular Hbond substituents is 1. The molecule has 5 nitrogen and oxygen atoms in total. The number of rotatable bonds is 2. The van der Waals surface area contributed by atoms with Crippen LogP contribution >= 0.6 is 0 Å². The van der Waals surface area contributed by atoms with Crippen molar-refractivity contribution in [2.45, 2.75) is 59.3 Å². The smallest absolute Gasteiger partial charge is 0.137 e. The molecule has 0 saturated carbocycles. The van der Waals surface area contributed by atoms with Gasteiger partial charge in [-0.15, -0.1) is 0 Å². The van der Waals surface area contributed by atoms with Crippen molar-refractivity contribution >= 4 is 43.6 Å². The number of aromatic nitrogens is 4. The molecule has 0 bridgehead atoms. The lowest BCUT2D eigenvalue weighted by molar-refractivity contribution is 0.476. The van der Waals surface area contributed by atoms with Crippen LogP contribution in [0.2, 0.25) is 0 Å². The number of hydrogen-bond donors (Lipinski definition) is 1. The fourth-order valence-corrected chi connectivity index (χ4v) is 6.55. The number of hydrogen-bond acceptors (Lipinski definition) is 3. The SMILES string of the molecule is CC(C)(C)c1ccnc(-n2c3ccccc3c3ccc(O)cc32)c1.Cc1ccc2c3ccccc3n(-c3cc(C(C)(C)C)ccn3)c2c1. The number of phenols is 1. The van der Waals surface area contributed by atoms with Crippen LogP contribution in [0.25, 0.3) is 55.2 Å². The van der Waals surface area contributed by atoms with Crippen molar-refractivity contribution in [2.24, 2.45) is 0 Å². The van der Waals surface area contributed by atoms with E-state index in [-0.39, 0.29) is 16.6 Å². The van der Waals surface area contributed by atoms with Crippen LogP contribution in [0.1, 0.15) is 58.2 Å². The van der Waals surface area contributed by atoms with Gasteiger partial charge in [-0.3, -0.25) is 9.13 Å². The average molecular weight is 631 g/mol. The minimum Gasteiger partial charge on any atom is -0.508 e. The van der Waals surface area contributed by atoms with E-state index in [9.17, 15) is 5.11 Å². The predicted octanol–water partition coefficient (Wildman–Crippen LogP) is 11.0. The summed E-state index contributed by atoms with van der Waals surface area (Å²) < 4.78 is 4.41. The Kier molecular flexibility index (Phi) is 7.59. The molecule has 0 aliphatic rings. The first kappa shape index (κ1) is 31.2. The molecular weight excluding hydrogens is 589 g/mol. The van der Waals surface area contributed by atoms with Crippen molar-refractivity contribution in [2.75, 3.05) is 0 Å². The lowest BCUT2D eigenvalue weighted by Gasteiger charge is -2.20. The fourth-order valence-electron chi connectivity index (χ4n) is 6.55. The van der Waals surface area contributed by atoms with Crippen molar-refractivity contribution in [1.82, 2.24) is 19.1 Å². The highest BCUT2D eigenvalue weighted by atomic mass is 16.3. The molecule has 0 amide bonds. The van der Waals surface area contributed by atoms with Gasteiger partial charge in [0.25, 0.3) is 0 Å². The third kappa shape index (κ3) is 5.60. The molecule has 0 saturated heterocycles. The summed E-state index contributed by atoms with van der Waals surface area (Å²) in [6, 6.07) is 37.5. The van der Waals surface area contributed by atoms with E-state index >= 15 is 0 Å². The summed E-state index contributed by atoms with van der Waals surface area (Å²) in [5.41, 5.74) is 8.44. The summed E-state index contributed by atoms with van der Waals surface area (Å²) in [6.45, 7) is 15.4. The van der Waals surface area contributed by atoms with Crippen LogP contribution in [0.5, 0.6) is 5.75 Å². The highest BCUT2D eigenvalue weighted by Crippen LogP contribution is 2.35. The molecule has 0 spiro atoms. The van der Waals surface area contributed by atoms with Gasteiger partial charge in [0.1, 0.15) is 17.4 Å². The number of para-hydroxylation sites is 2. The molecule has 0 radical (unpaired) electrons. The molecule has 4 aromatic carbocycles. The van der Waals surface area contributed by atoms with Crippen molar-refractivity contribution < 1.29 is 5.11 Å². The van der Waals surface area contributed by atoms with Gasteiger partial charge in [-0.2, -0.15) is 0 Å². The molecule has 0 unspecified atom stereocenters. The Morgan fingerprint density at radius 1 is 0.479 bits per heavy atom. The lowest BCUT2D eigenvalue weighted by Crippen LogP contribution is -2.12. The maximum atomic E-state index is 9.98. The molecule has 4 heterocycles. The zero-order valence-corrected chi connectivity index (χ0v) is 28.8. The summed E-state index contributed by atoms with van der Waals surface area (Å²) in [6.07, 6.45) is 3.78. The molecule has 8 rings (SSSR count). The Morgan fingerprint density at radius 3 is 1.42 bits per heavy atom. The molecule has 48 heavy (non-hydrogen) atoms. The molecule has 0 aliphatic heterocycles. The van der Waals surface area contributed by atoms with Gasteiger partial charge in [-0.1, -0.05) is 90.1 Å². The van der Waals surface area contributed by atoms with Crippen molar-refractivity contribution in [3.8, 4) is 17.4 Å². The quantitative estimate of drug-likeness (QED) is 0.207. The first-order valence-electron chi connectivity index (χ1n) is 16.6. The van der Waals surface area contributed by atoms with E-state index in [0.29, 0.717) is 0 Å². The number of nitrogens with zero attached hydrogens (tertiary/aromatic N) is 4. The van der Waals surface area contributed by atoms with Crippen LogP contribution in [0.3, 0.4) is 0 Å². The third-order valence-corrected chi connectivity index (χ3v) is 9.17. The molecule has 8 aromatic rings. The molecular formula is C43H42N4O. The molecule has 1 N–H and O–H groups in total. The van der Waals surface area contributed by atoms with E-state index in [1.807, 2.05) is 30.6 Å². The molecule has 0 aliphatic carbocycles. The van der Waals surface area contributed by atoms with Gasteiger partial charge in [0.15, 0.2) is 0 Å². The summed E-state index contributed by atoms with van der Waals surface area (Å²) in [5, 5.41) is 14.8. The Labute approximate surface area is 282 Å². The Hall–Kier alpha value is -5.42. The highest BCUT2D eigenvalue weighted by Gasteiger charge is 2.19. The lowest BCUT2D eigenvalue weighted by atomic mass is 9.88. The second-order valence-corrected chi connectivity index (χ2v) is 14.7. The van der Waals surface area contributed by atoms with E-state index in [4.69, 9.17) is 0 Å². The Balaban J connectivity index is 0.000000152. The van der Waals surface area contributed by atoms with Crippen LogP contribution in [-0.4, -0.2) is 24.2 Å². The minimum absolute atomic E-state index is 0.0542. The number of benzene rings is 4. The topological polar surface area (TPSA) is 55.9 Å². The van der Waals surface area contributed by atoms with Crippen LogP contribution in [0.15, 0.2) is 122 Å². The van der Waals surface area contributed by atoms with Crippen molar-refractivity contribution in [1.29, 1.82) is 0 Å². The molecule has 0 atom stereocenters. The maximum Gasteiger partial charge on any atom is 0.137 e. The van der Waals surface area contributed by atoms with E-state index in [1.54, 1.807) is 12.1 Å². The second kappa shape index (κ2) is 11.7. The summed E-state index contributed by atoms with van der Waals surface area (Å²) in [7, 11) is 0. The van der Waals surface area contributed by atoms with Gasteiger partial charge in [0.2, 0.25) is 0 Å². The molecule has 4 aromatic heterocycles. The molecule has 240 valence electrons. The number of aryl methyl sites for hydroxylation is 1. The maximum absolute atomic E-state index is 9.98. The van der Waals surface area contributed by atoms with E-state index < -0.39 is 0 Å². The highest BCUT2D eigenvalue weighted by molar-refractivity contribution is 6.10. The van der Waals surface area contributed by atoms with Crippen LogP contribution < -0.4 is 0 Å². The van der Waals surface area contributed by atoms with Gasteiger partial charge in [0, 0.05) is 40.0 Å². The van der Waals surface area contributed by atoms with Crippen LogP contribution in [0, 0.1) is 6.92 Å². The molecule has 5 heteroatoms. The minimum atomic E-state index is 0.0542. The van der Waals surface area contributed by atoms with Gasteiger partial charge in [-0.25, -0.2) is 9.97 Å². The van der Waals surface area contributed by atoms with E-state index in [0.717, 1.165) is 33.4 Å². The van der Waals surface area contributed by atoms with Crippen molar-refractivity contribution in [3.05, 3.63) is 138 Å². The third-order valence-electron chi connectivity index (χ3n) is 9.17. The number of pyridine rings is 2. The largest absolute Gasteiger partial charge is 0.508 e. The second-order valence-electron chi connectivity index (χ2n) is 14.7. The summed E-state index contributed by atoms with van der Waals surface area (Å²) in [5.74, 6) is 2.12. The van der Waals surface area contributed by atoms with Crippen LogP contribution in [-0.2, 0) is 10.8 Å². The first-order chi connectivity index (χ1) is 22.9. The standard InChI is InChI=1S/C22H22N2.C21H20N2O/c1-15-9-10-18-17-7-5-6-8-19(17)24(20(18)13-15)21-14-16(11-12-23-21)22(2,3)4;1-21(2,3)14-10-11-22-20(12-14)23-18-7-5-4-6-16(18)17-9-8-15(24)13-19(17)23/h5-14H,1-4H3;4-13,24H,1-3H3. The Morgan fingerprint density at radius 2 is 0.917 bits per heavy atom. The number of fused-ring (bicyclic) bond motifs is 6. The summed E-state index contributed by atoms with van der Waals surface area (Å²) in [4.78, 5) is 9.29. The monoisotopic (exact) mass is 630 g/mol. The van der Waals surface area contributed by atoms with Gasteiger partial charge < -0.3 is 5.11 Å². The predicted molar refractivity (Wildman–Crippen MR) is 201 cm³/mol. The van der Waals surface area contributed by atoms with Gasteiger partial charge in [0.05, 0.1) is 22.1 Å². The van der Waals surface area contributed by atoms with Crippen molar-refractivity contribution in [3.63, 3.8) is 0 Å². The zero-order valence-electron chi connectivity index (χ0n) is 28.8. The van der Waals surface area contributed by atoms with Gasteiger partial charge in [-0.05, 0) is 89.0 Å². The normalized spacial score (nSPS) is 12.1. The van der Waals surface area contributed by atoms with Crippen LogP contribution in [0.4, 0.5) is 0 Å². The van der Waals surface area contributed by atoms with E-state index in [2.05, 4.69) is 146 Å². The number of aromatic hydroxyl groups is 1. The van der Waals surface area contributed by atoms with E-state index in [1.165, 1.54) is 38.5 Å². The fraction of sp³-hybridized carbons (Fsp3) is 0.209. The molecule has 0 fully saturated rings. The van der Waals surface area contributed by atoms with Gasteiger partial charge >= 0.3 is 0 Å². The average Bonchev–Trinajstić information content (AvgIpc) is 3.56. The Bertz CT molecular complexity index is 2280. The zero-order chi connectivity index (χ0) is 33.8. The summed E-state index contributed by atoms with van der Waals surface area (Å²) >= 11 is 0.